The van der Waals surface area contributed by atoms with Gasteiger partial charge in [0.15, 0.2) is 12.9 Å². The molecule has 1 N–H and O–H groups in total. The molecule has 1 aromatic carbocycles. The summed E-state index contributed by atoms with van der Waals surface area (Å²) in [6.45, 7) is -0.210. The molecule has 0 radical (unpaired) electrons. The van der Waals surface area contributed by atoms with Crippen molar-refractivity contribution in [3.8, 4) is 11.8 Å². The lowest BCUT2D eigenvalue weighted by Gasteiger charge is -2.09. The Balaban J connectivity index is 1.68. The number of hydrogen-bond acceptors (Lipinski definition) is 5. The number of rotatable bonds is 5. The maximum Gasteiger partial charge on any atom is 0.262 e. The Labute approximate surface area is 143 Å². The highest BCUT2D eigenvalue weighted by Gasteiger charge is 2.21. The van der Waals surface area contributed by atoms with E-state index < -0.39 is 0 Å². The van der Waals surface area contributed by atoms with Crippen LogP contribution in [0, 0.1) is 11.3 Å². The van der Waals surface area contributed by atoms with Gasteiger partial charge < -0.3 is 10.1 Å². The quantitative estimate of drug-likeness (QED) is 0.847. The van der Waals surface area contributed by atoms with Crippen molar-refractivity contribution in [2.24, 2.45) is 0 Å². The van der Waals surface area contributed by atoms with Crippen LogP contribution in [0.15, 0.2) is 24.3 Å². The molecule has 0 atom stereocenters. The molecule has 3 rings (SSSR count). The standard InChI is InChI=1S/C18H16N2O3S/c19-9-14-13-6-2-4-8-16(13)24-18(14)20-17(22)11-23-15-7-3-1-5-12(15)10-21/h1,3,5,7,10H,2,4,6,8,11H2,(H,20,22). The van der Waals surface area contributed by atoms with Crippen LogP contribution in [0.5, 0.6) is 5.75 Å². The highest BCUT2D eigenvalue weighted by atomic mass is 32.1. The molecule has 0 saturated carbocycles. The zero-order valence-corrected chi connectivity index (χ0v) is 13.8. The number of para-hydroxylation sites is 1. The first-order valence-electron chi connectivity index (χ1n) is 7.74. The Morgan fingerprint density at radius 1 is 1.33 bits per heavy atom. The van der Waals surface area contributed by atoms with Gasteiger partial charge in [-0.2, -0.15) is 5.26 Å². The first-order chi connectivity index (χ1) is 11.7. The molecule has 1 aromatic heterocycles. The summed E-state index contributed by atoms with van der Waals surface area (Å²) in [5.41, 5.74) is 2.06. The van der Waals surface area contributed by atoms with E-state index in [9.17, 15) is 14.9 Å². The number of aldehydes is 1. The minimum Gasteiger partial charge on any atom is -0.483 e. The summed E-state index contributed by atoms with van der Waals surface area (Å²) in [7, 11) is 0. The van der Waals surface area contributed by atoms with E-state index in [-0.39, 0.29) is 12.5 Å². The number of aryl methyl sites for hydroxylation is 1. The molecule has 0 bridgehead atoms. The molecule has 0 saturated heterocycles. The van der Waals surface area contributed by atoms with E-state index in [1.165, 1.54) is 16.2 Å². The fraction of sp³-hybridized carbons (Fsp3) is 0.278. The molecule has 122 valence electrons. The number of carbonyl (C=O) groups excluding carboxylic acids is 2. The normalized spacial score (nSPS) is 12.8. The molecular weight excluding hydrogens is 324 g/mol. The number of fused-ring (bicyclic) bond motifs is 1. The van der Waals surface area contributed by atoms with Crippen molar-refractivity contribution < 1.29 is 14.3 Å². The fourth-order valence-corrected chi connectivity index (χ4v) is 4.04. The number of nitrogens with zero attached hydrogens (tertiary/aromatic N) is 1. The molecule has 1 heterocycles. The van der Waals surface area contributed by atoms with Gasteiger partial charge in [-0.3, -0.25) is 9.59 Å². The van der Waals surface area contributed by atoms with Crippen LogP contribution >= 0.6 is 11.3 Å². The number of carbonyl (C=O) groups is 2. The number of thiophene rings is 1. The van der Waals surface area contributed by atoms with Crippen molar-refractivity contribution in [3.63, 3.8) is 0 Å². The topological polar surface area (TPSA) is 79.2 Å². The van der Waals surface area contributed by atoms with Gasteiger partial charge in [0.25, 0.3) is 5.91 Å². The number of nitriles is 1. The minimum absolute atomic E-state index is 0.210. The van der Waals surface area contributed by atoms with E-state index >= 15 is 0 Å². The maximum absolute atomic E-state index is 12.1. The van der Waals surface area contributed by atoms with Gasteiger partial charge in [-0.1, -0.05) is 12.1 Å². The zero-order chi connectivity index (χ0) is 16.9. The highest BCUT2D eigenvalue weighted by molar-refractivity contribution is 7.16. The van der Waals surface area contributed by atoms with Gasteiger partial charge in [-0.05, 0) is 43.4 Å². The summed E-state index contributed by atoms with van der Waals surface area (Å²) < 4.78 is 5.42. The SMILES string of the molecule is N#Cc1c(NC(=O)COc2ccccc2C=O)sc2c1CCCC2. The second-order valence-electron chi connectivity index (χ2n) is 5.52. The van der Waals surface area contributed by atoms with Gasteiger partial charge in [0.1, 0.15) is 16.8 Å². The van der Waals surface area contributed by atoms with Crippen LogP contribution in [0.3, 0.4) is 0 Å². The summed E-state index contributed by atoms with van der Waals surface area (Å²) in [5.74, 6) is 0.0272. The monoisotopic (exact) mass is 340 g/mol. The van der Waals surface area contributed by atoms with Crippen LogP contribution in [0.1, 0.15) is 39.2 Å². The molecular formula is C18H16N2O3S. The van der Waals surface area contributed by atoms with Crippen LogP contribution < -0.4 is 10.1 Å². The molecule has 0 unspecified atom stereocenters. The summed E-state index contributed by atoms with van der Waals surface area (Å²) in [6.07, 6.45) is 4.75. The van der Waals surface area contributed by atoms with Gasteiger partial charge >= 0.3 is 0 Å². The lowest BCUT2D eigenvalue weighted by atomic mass is 9.96. The van der Waals surface area contributed by atoms with E-state index in [0.717, 1.165) is 31.2 Å². The fourth-order valence-electron chi connectivity index (χ4n) is 2.79. The summed E-state index contributed by atoms with van der Waals surface area (Å²) in [5, 5.41) is 12.8. The summed E-state index contributed by atoms with van der Waals surface area (Å²) >= 11 is 1.48. The predicted octanol–water partition coefficient (Wildman–Crippen LogP) is 3.33. The van der Waals surface area contributed by atoms with Crippen LogP contribution in [0.25, 0.3) is 0 Å². The van der Waals surface area contributed by atoms with Crippen LogP contribution in [0.2, 0.25) is 0 Å². The molecule has 1 aliphatic carbocycles. The van der Waals surface area contributed by atoms with Gasteiger partial charge in [-0.25, -0.2) is 0 Å². The van der Waals surface area contributed by atoms with Crippen molar-refractivity contribution in [3.05, 3.63) is 45.8 Å². The number of anilines is 1. The average Bonchev–Trinajstić information content (AvgIpc) is 2.97. The summed E-state index contributed by atoms with van der Waals surface area (Å²) in [4.78, 5) is 24.3. The summed E-state index contributed by atoms with van der Waals surface area (Å²) in [6, 6.07) is 8.94. The van der Waals surface area contributed by atoms with E-state index in [2.05, 4.69) is 11.4 Å². The maximum atomic E-state index is 12.1. The van der Waals surface area contributed by atoms with Crippen molar-refractivity contribution in [1.29, 1.82) is 5.26 Å². The second-order valence-corrected chi connectivity index (χ2v) is 6.62. The smallest absolute Gasteiger partial charge is 0.262 e. The first-order valence-corrected chi connectivity index (χ1v) is 8.56. The molecule has 1 aliphatic rings. The molecule has 6 heteroatoms. The van der Waals surface area contributed by atoms with E-state index in [4.69, 9.17) is 4.74 Å². The Bertz CT molecular complexity index is 820. The molecule has 0 fully saturated rings. The van der Waals surface area contributed by atoms with E-state index in [1.807, 2.05) is 0 Å². The number of hydrogen-bond donors (Lipinski definition) is 1. The first kappa shape index (κ1) is 16.2. The van der Waals surface area contributed by atoms with Crippen molar-refractivity contribution in [2.75, 3.05) is 11.9 Å². The van der Waals surface area contributed by atoms with E-state index in [1.54, 1.807) is 24.3 Å². The van der Waals surface area contributed by atoms with E-state index in [0.29, 0.717) is 28.2 Å². The molecule has 2 aromatic rings. The lowest BCUT2D eigenvalue weighted by molar-refractivity contribution is -0.118. The molecule has 1 amide bonds. The largest absolute Gasteiger partial charge is 0.483 e. The molecule has 0 aliphatic heterocycles. The minimum atomic E-state index is -0.342. The number of benzene rings is 1. The Hall–Kier alpha value is -2.65. The third-order valence-corrected chi connectivity index (χ3v) is 5.15. The van der Waals surface area contributed by atoms with Gasteiger partial charge in [-0.15, -0.1) is 11.3 Å². The molecule has 5 nitrogen and oxygen atoms in total. The van der Waals surface area contributed by atoms with Crippen LogP contribution in [-0.2, 0) is 17.6 Å². The lowest BCUT2D eigenvalue weighted by Crippen LogP contribution is -2.20. The van der Waals surface area contributed by atoms with Crippen LogP contribution in [0.4, 0.5) is 5.00 Å². The third kappa shape index (κ3) is 3.31. The number of ether oxygens (including phenoxy) is 1. The Morgan fingerprint density at radius 2 is 2.12 bits per heavy atom. The third-order valence-electron chi connectivity index (χ3n) is 3.94. The van der Waals surface area contributed by atoms with Gasteiger partial charge in [0, 0.05) is 4.88 Å². The molecule has 24 heavy (non-hydrogen) atoms. The average molecular weight is 340 g/mol. The highest BCUT2D eigenvalue weighted by Crippen LogP contribution is 2.37. The van der Waals surface area contributed by atoms with Gasteiger partial charge in [0.2, 0.25) is 0 Å². The number of amides is 1. The Kier molecular flexibility index (Phi) is 4.92. The Morgan fingerprint density at radius 3 is 2.92 bits per heavy atom. The van der Waals surface area contributed by atoms with Crippen LogP contribution in [-0.4, -0.2) is 18.8 Å². The molecule has 0 spiro atoms. The second kappa shape index (κ2) is 7.28. The number of nitrogens with one attached hydrogen (secondary N) is 1. The zero-order valence-electron chi connectivity index (χ0n) is 13.0. The van der Waals surface area contributed by atoms with Crippen molar-refractivity contribution in [1.82, 2.24) is 0 Å². The van der Waals surface area contributed by atoms with Crippen molar-refractivity contribution >= 4 is 28.5 Å². The van der Waals surface area contributed by atoms with Crippen molar-refractivity contribution in [2.45, 2.75) is 25.7 Å². The van der Waals surface area contributed by atoms with Gasteiger partial charge in [0.05, 0.1) is 11.1 Å². The predicted molar refractivity (Wildman–Crippen MR) is 91.6 cm³/mol.